The van der Waals surface area contributed by atoms with Gasteiger partial charge >= 0.3 is 0 Å². The number of thioether (sulfide) groups is 1. The molecule has 0 aliphatic carbocycles. The maximum atomic E-state index is 5.61. The van der Waals surface area contributed by atoms with Gasteiger partial charge < -0.3 is 11.1 Å². The third-order valence-electron chi connectivity index (χ3n) is 1.51. The van der Waals surface area contributed by atoms with Gasteiger partial charge in [-0.1, -0.05) is 11.8 Å². The van der Waals surface area contributed by atoms with Crippen molar-refractivity contribution in [2.24, 2.45) is 0 Å². The summed E-state index contributed by atoms with van der Waals surface area (Å²) in [5.74, 6) is 0. The van der Waals surface area contributed by atoms with Gasteiger partial charge in [0.15, 0.2) is 0 Å². The predicted molar refractivity (Wildman–Crippen MR) is 49.5 cm³/mol. The Bertz CT molecular complexity index is 307. The number of hydrogen-bond donors (Lipinski definition) is 2. The number of nitrogen functional groups attached to an aromatic ring is 1. The van der Waals surface area contributed by atoms with E-state index in [0.717, 1.165) is 11.4 Å². The molecule has 0 aromatic heterocycles. The first kappa shape index (κ1) is 6.61. The van der Waals surface area contributed by atoms with Gasteiger partial charge in [0.1, 0.15) is 0 Å². The van der Waals surface area contributed by atoms with E-state index in [-0.39, 0.29) is 0 Å². The predicted octanol–water partition coefficient (Wildman–Crippen LogP) is 2.26. The van der Waals surface area contributed by atoms with Gasteiger partial charge in [0.25, 0.3) is 0 Å². The summed E-state index contributed by atoms with van der Waals surface area (Å²) in [6, 6.07) is 5.87. The third kappa shape index (κ3) is 1.19. The van der Waals surface area contributed by atoms with Crippen LogP contribution in [0.2, 0.25) is 0 Å². The SMILES string of the molecule is Nc1ccc2c(c1)NC=CS2. The molecular formula is C8H8N2S. The topological polar surface area (TPSA) is 38.0 Å². The number of nitrogens with one attached hydrogen (secondary N) is 1. The Morgan fingerprint density at radius 3 is 3.18 bits per heavy atom. The molecule has 0 radical (unpaired) electrons. The Morgan fingerprint density at radius 1 is 1.36 bits per heavy atom. The van der Waals surface area contributed by atoms with Gasteiger partial charge in [0.05, 0.1) is 5.69 Å². The Balaban J connectivity index is 2.48. The van der Waals surface area contributed by atoms with Gasteiger partial charge in [-0.2, -0.15) is 0 Å². The van der Waals surface area contributed by atoms with Crippen molar-refractivity contribution in [2.75, 3.05) is 11.1 Å². The summed E-state index contributed by atoms with van der Waals surface area (Å²) in [5, 5.41) is 5.13. The average Bonchev–Trinajstić information content (AvgIpc) is 2.04. The van der Waals surface area contributed by atoms with Crippen molar-refractivity contribution in [3.63, 3.8) is 0 Å². The molecule has 3 N–H and O–H groups in total. The van der Waals surface area contributed by atoms with Crippen molar-refractivity contribution in [3.8, 4) is 0 Å². The van der Waals surface area contributed by atoms with Crippen molar-refractivity contribution in [2.45, 2.75) is 4.90 Å². The molecule has 0 unspecified atom stereocenters. The van der Waals surface area contributed by atoms with E-state index in [9.17, 15) is 0 Å². The smallest absolute Gasteiger partial charge is 0.0542 e. The van der Waals surface area contributed by atoms with E-state index in [4.69, 9.17) is 5.73 Å². The summed E-state index contributed by atoms with van der Waals surface area (Å²) in [6.07, 6.45) is 1.91. The third-order valence-corrected chi connectivity index (χ3v) is 2.39. The molecular weight excluding hydrogens is 156 g/mol. The molecule has 0 spiro atoms. The van der Waals surface area contributed by atoms with E-state index in [1.54, 1.807) is 11.8 Å². The highest BCUT2D eigenvalue weighted by molar-refractivity contribution is 8.02. The summed E-state index contributed by atoms with van der Waals surface area (Å²) < 4.78 is 0. The first-order chi connectivity index (χ1) is 5.36. The van der Waals surface area contributed by atoms with Gasteiger partial charge in [0, 0.05) is 16.8 Å². The van der Waals surface area contributed by atoms with E-state index in [1.807, 2.05) is 29.8 Å². The van der Waals surface area contributed by atoms with E-state index < -0.39 is 0 Å². The number of fused-ring (bicyclic) bond motifs is 1. The summed E-state index contributed by atoms with van der Waals surface area (Å²) in [5.41, 5.74) is 7.50. The van der Waals surface area contributed by atoms with Crippen LogP contribution in [0.25, 0.3) is 0 Å². The van der Waals surface area contributed by atoms with Crippen molar-refractivity contribution in [3.05, 3.63) is 29.8 Å². The van der Waals surface area contributed by atoms with Crippen molar-refractivity contribution >= 4 is 23.1 Å². The fourth-order valence-corrected chi connectivity index (χ4v) is 1.67. The molecule has 1 heterocycles. The van der Waals surface area contributed by atoms with Gasteiger partial charge in [0.2, 0.25) is 0 Å². The number of rotatable bonds is 0. The molecule has 1 aromatic carbocycles. The monoisotopic (exact) mass is 164 g/mol. The van der Waals surface area contributed by atoms with Crippen LogP contribution in [0.5, 0.6) is 0 Å². The first-order valence-corrected chi connectivity index (χ1v) is 4.22. The molecule has 11 heavy (non-hydrogen) atoms. The molecule has 1 aromatic rings. The van der Waals surface area contributed by atoms with E-state index >= 15 is 0 Å². The second-order valence-electron chi connectivity index (χ2n) is 2.32. The minimum Gasteiger partial charge on any atom is -0.399 e. The largest absolute Gasteiger partial charge is 0.399 e. The van der Waals surface area contributed by atoms with Crippen LogP contribution in [-0.4, -0.2) is 0 Å². The quantitative estimate of drug-likeness (QED) is 0.577. The minimum atomic E-state index is 0.798. The maximum absolute atomic E-state index is 5.61. The summed E-state index contributed by atoms with van der Waals surface area (Å²) >= 11 is 1.70. The molecule has 0 fully saturated rings. The Morgan fingerprint density at radius 2 is 2.27 bits per heavy atom. The van der Waals surface area contributed by atoms with Crippen LogP contribution < -0.4 is 11.1 Å². The molecule has 3 heteroatoms. The second kappa shape index (κ2) is 2.51. The lowest BCUT2D eigenvalue weighted by Gasteiger charge is -2.11. The zero-order chi connectivity index (χ0) is 7.68. The molecule has 56 valence electrons. The van der Waals surface area contributed by atoms with Crippen molar-refractivity contribution < 1.29 is 0 Å². The van der Waals surface area contributed by atoms with E-state index in [1.165, 1.54) is 4.90 Å². The molecule has 0 atom stereocenters. The standard InChI is InChI=1S/C8H8N2S/c9-6-1-2-8-7(5-6)10-3-4-11-8/h1-5,10H,9H2. The van der Waals surface area contributed by atoms with Crippen LogP contribution >= 0.6 is 11.8 Å². The Hall–Kier alpha value is -1.09. The van der Waals surface area contributed by atoms with Gasteiger partial charge in [-0.25, -0.2) is 0 Å². The highest BCUT2D eigenvalue weighted by Gasteiger charge is 2.03. The minimum absolute atomic E-state index is 0.798. The molecule has 0 amide bonds. The lowest BCUT2D eigenvalue weighted by molar-refractivity contribution is 1.41. The normalized spacial score (nSPS) is 13.8. The zero-order valence-electron chi connectivity index (χ0n) is 5.87. The molecule has 0 saturated heterocycles. The van der Waals surface area contributed by atoms with Crippen LogP contribution in [0, 0.1) is 0 Å². The van der Waals surface area contributed by atoms with E-state index in [0.29, 0.717) is 0 Å². The maximum Gasteiger partial charge on any atom is 0.0542 e. The number of hydrogen-bond acceptors (Lipinski definition) is 3. The average molecular weight is 164 g/mol. The van der Waals surface area contributed by atoms with Crippen LogP contribution in [-0.2, 0) is 0 Å². The lowest BCUT2D eigenvalue weighted by Crippen LogP contribution is -1.95. The van der Waals surface area contributed by atoms with Crippen LogP contribution in [0.4, 0.5) is 11.4 Å². The van der Waals surface area contributed by atoms with Crippen LogP contribution in [0.15, 0.2) is 34.7 Å². The van der Waals surface area contributed by atoms with Crippen LogP contribution in [0.3, 0.4) is 0 Å². The van der Waals surface area contributed by atoms with Gasteiger partial charge in [-0.3, -0.25) is 0 Å². The molecule has 1 aliphatic heterocycles. The van der Waals surface area contributed by atoms with Crippen LogP contribution in [0.1, 0.15) is 0 Å². The van der Waals surface area contributed by atoms with Gasteiger partial charge in [-0.15, -0.1) is 0 Å². The number of benzene rings is 1. The zero-order valence-corrected chi connectivity index (χ0v) is 6.69. The lowest BCUT2D eigenvalue weighted by atomic mass is 10.3. The Labute approximate surface area is 69.5 Å². The molecule has 2 nitrogen and oxygen atoms in total. The highest BCUT2D eigenvalue weighted by atomic mass is 32.2. The number of anilines is 2. The molecule has 0 bridgehead atoms. The van der Waals surface area contributed by atoms with Crippen molar-refractivity contribution in [1.82, 2.24) is 0 Å². The summed E-state index contributed by atoms with van der Waals surface area (Å²) in [7, 11) is 0. The van der Waals surface area contributed by atoms with Gasteiger partial charge in [-0.05, 0) is 23.6 Å². The fourth-order valence-electron chi connectivity index (χ4n) is 0.994. The molecule has 0 saturated carbocycles. The highest BCUT2D eigenvalue weighted by Crippen LogP contribution is 2.32. The van der Waals surface area contributed by atoms with Crippen molar-refractivity contribution in [1.29, 1.82) is 0 Å². The Kier molecular flexibility index (Phi) is 1.51. The molecule has 1 aliphatic rings. The first-order valence-electron chi connectivity index (χ1n) is 3.34. The number of nitrogens with two attached hydrogens (primary N) is 1. The van der Waals surface area contributed by atoms with E-state index in [2.05, 4.69) is 5.32 Å². The molecule has 2 rings (SSSR count). The second-order valence-corrected chi connectivity index (χ2v) is 3.27. The fraction of sp³-hybridized carbons (Fsp3) is 0. The summed E-state index contributed by atoms with van der Waals surface area (Å²) in [6.45, 7) is 0. The summed E-state index contributed by atoms with van der Waals surface area (Å²) in [4.78, 5) is 1.22.